The van der Waals surface area contributed by atoms with Crippen molar-refractivity contribution in [3.63, 3.8) is 0 Å². The predicted molar refractivity (Wildman–Crippen MR) is 68.0 cm³/mol. The molecule has 0 saturated heterocycles. The van der Waals surface area contributed by atoms with E-state index in [1.54, 1.807) is 0 Å². The second-order valence-corrected chi connectivity index (χ2v) is 3.62. The third-order valence-corrected chi connectivity index (χ3v) is 2.11. The molecule has 0 amide bonds. The van der Waals surface area contributed by atoms with E-state index in [0.29, 0.717) is 13.2 Å². The van der Waals surface area contributed by atoms with Crippen molar-refractivity contribution in [3.05, 3.63) is 24.3 Å². The maximum atomic E-state index is 5.59. The topological polar surface area (TPSA) is 24.5 Å². The molecule has 3 nitrogen and oxygen atoms in total. The average Bonchev–Trinajstić information content (AvgIpc) is 2.29. The SMILES string of the molecule is C#CCNCCOc1cccc(N(C)C)c1. The second-order valence-electron chi connectivity index (χ2n) is 3.62. The molecule has 16 heavy (non-hydrogen) atoms. The fraction of sp³-hybridized carbons (Fsp3) is 0.385. The first-order valence-electron chi connectivity index (χ1n) is 5.28. The summed E-state index contributed by atoms with van der Waals surface area (Å²) >= 11 is 0. The Bertz CT molecular complexity index is 355. The number of hydrogen-bond acceptors (Lipinski definition) is 3. The summed E-state index contributed by atoms with van der Waals surface area (Å²) in [6.45, 7) is 1.97. The van der Waals surface area contributed by atoms with Gasteiger partial charge in [0, 0.05) is 32.4 Å². The molecule has 0 radical (unpaired) electrons. The number of nitrogens with one attached hydrogen (secondary N) is 1. The van der Waals surface area contributed by atoms with Gasteiger partial charge in [0.1, 0.15) is 12.4 Å². The van der Waals surface area contributed by atoms with Gasteiger partial charge in [0.15, 0.2) is 0 Å². The van der Waals surface area contributed by atoms with E-state index in [4.69, 9.17) is 11.2 Å². The normalized spacial score (nSPS) is 9.56. The smallest absolute Gasteiger partial charge is 0.121 e. The molecule has 0 aliphatic heterocycles. The summed E-state index contributed by atoms with van der Waals surface area (Å²) in [6, 6.07) is 8.00. The Morgan fingerprint density at radius 3 is 2.94 bits per heavy atom. The zero-order valence-electron chi connectivity index (χ0n) is 9.86. The number of hydrogen-bond donors (Lipinski definition) is 1. The molecular weight excluding hydrogens is 200 g/mol. The number of anilines is 1. The number of rotatable bonds is 6. The van der Waals surface area contributed by atoms with Crippen LogP contribution in [0, 0.1) is 12.3 Å². The van der Waals surface area contributed by atoms with E-state index >= 15 is 0 Å². The van der Waals surface area contributed by atoms with Gasteiger partial charge in [-0.05, 0) is 12.1 Å². The third-order valence-electron chi connectivity index (χ3n) is 2.11. The standard InChI is InChI=1S/C13H18N2O/c1-4-8-14-9-10-16-13-7-5-6-12(11-13)15(2)3/h1,5-7,11,14H,8-10H2,2-3H3. The Balaban J connectivity index is 2.37. The van der Waals surface area contributed by atoms with Crippen LogP contribution >= 0.6 is 0 Å². The van der Waals surface area contributed by atoms with Crippen LogP contribution in [0.3, 0.4) is 0 Å². The Morgan fingerprint density at radius 2 is 2.25 bits per heavy atom. The number of nitrogens with zero attached hydrogens (tertiary/aromatic N) is 1. The van der Waals surface area contributed by atoms with E-state index in [9.17, 15) is 0 Å². The summed E-state index contributed by atoms with van der Waals surface area (Å²) in [5, 5.41) is 3.07. The zero-order valence-corrected chi connectivity index (χ0v) is 9.86. The minimum absolute atomic E-state index is 0.584. The lowest BCUT2D eigenvalue weighted by atomic mass is 10.3. The minimum atomic E-state index is 0.584. The second kappa shape index (κ2) is 6.76. The van der Waals surface area contributed by atoms with Gasteiger partial charge in [-0.2, -0.15) is 0 Å². The minimum Gasteiger partial charge on any atom is -0.492 e. The fourth-order valence-corrected chi connectivity index (χ4v) is 1.25. The molecule has 1 rings (SSSR count). The van der Waals surface area contributed by atoms with Crippen LogP contribution in [0.25, 0.3) is 0 Å². The lowest BCUT2D eigenvalue weighted by molar-refractivity contribution is 0.317. The summed E-state index contributed by atoms with van der Waals surface area (Å²) in [4.78, 5) is 2.05. The Kier molecular flexibility index (Phi) is 5.24. The summed E-state index contributed by atoms with van der Waals surface area (Å²) in [5.41, 5.74) is 1.13. The van der Waals surface area contributed by atoms with Crippen molar-refractivity contribution in [2.24, 2.45) is 0 Å². The molecule has 0 aliphatic rings. The molecule has 0 unspecified atom stereocenters. The molecular formula is C13H18N2O. The summed E-state index contributed by atoms with van der Waals surface area (Å²) < 4.78 is 5.59. The van der Waals surface area contributed by atoms with Gasteiger partial charge in [-0.3, -0.25) is 0 Å². The van der Waals surface area contributed by atoms with E-state index in [2.05, 4.69) is 11.2 Å². The van der Waals surface area contributed by atoms with Gasteiger partial charge in [-0.25, -0.2) is 0 Å². The summed E-state index contributed by atoms with van der Waals surface area (Å²) in [6.07, 6.45) is 5.12. The molecule has 86 valence electrons. The first-order valence-corrected chi connectivity index (χ1v) is 5.28. The molecule has 1 aromatic rings. The van der Waals surface area contributed by atoms with Crippen molar-refractivity contribution in [3.8, 4) is 18.1 Å². The van der Waals surface area contributed by atoms with Crippen LogP contribution in [-0.2, 0) is 0 Å². The zero-order chi connectivity index (χ0) is 11.8. The average molecular weight is 218 g/mol. The lowest BCUT2D eigenvalue weighted by Crippen LogP contribution is -2.21. The van der Waals surface area contributed by atoms with Crippen molar-refractivity contribution in [2.45, 2.75) is 0 Å². The molecule has 0 fully saturated rings. The third kappa shape index (κ3) is 4.24. The molecule has 1 aromatic carbocycles. The monoisotopic (exact) mass is 218 g/mol. The maximum Gasteiger partial charge on any atom is 0.121 e. The van der Waals surface area contributed by atoms with Crippen molar-refractivity contribution < 1.29 is 4.74 Å². The van der Waals surface area contributed by atoms with Gasteiger partial charge >= 0.3 is 0 Å². The maximum absolute atomic E-state index is 5.59. The summed E-state index contributed by atoms with van der Waals surface area (Å²) in [5.74, 6) is 3.40. The number of terminal acetylenes is 1. The fourth-order valence-electron chi connectivity index (χ4n) is 1.25. The van der Waals surface area contributed by atoms with Gasteiger partial charge in [0.2, 0.25) is 0 Å². The van der Waals surface area contributed by atoms with Crippen LogP contribution in [-0.4, -0.2) is 33.8 Å². The van der Waals surface area contributed by atoms with E-state index in [1.165, 1.54) is 0 Å². The first kappa shape index (κ1) is 12.4. The van der Waals surface area contributed by atoms with Gasteiger partial charge in [0.05, 0.1) is 6.54 Å². The van der Waals surface area contributed by atoms with Crippen LogP contribution in [0.5, 0.6) is 5.75 Å². The van der Waals surface area contributed by atoms with E-state index in [-0.39, 0.29) is 0 Å². The number of ether oxygens (including phenoxy) is 1. The molecule has 0 heterocycles. The van der Waals surface area contributed by atoms with Crippen molar-refractivity contribution in [2.75, 3.05) is 38.7 Å². The molecule has 1 N–H and O–H groups in total. The highest BCUT2D eigenvalue weighted by Crippen LogP contribution is 2.18. The van der Waals surface area contributed by atoms with Gasteiger partial charge < -0.3 is 15.0 Å². The van der Waals surface area contributed by atoms with Crippen molar-refractivity contribution in [1.29, 1.82) is 0 Å². The van der Waals surface area contributed by atoms with Crippen molar-refractivity contribution in [1.82, 2.24) is 5.32 Å². The molecule has 0 bridgehead atoms. The van der Waals surface area contributed by atoms with Gasteiger partial charge in [-0.1, -0.05) is 12.0 Å². The number of benzene rings is 1. The predicted octanol–water partition coefficient (Wildman–Crippen LogP) is 1.35. The molecule has 3 heteroatoms. The van der Waals surface area contributed by atoms with Crippen molar-refractivity contribution >= 4 is 5.69 Å². The Morgan fingerprint density at radius 1 is 1.44 bits per heavy atom. The Labute approximate surface area is 97.4 Å². The highest BCUT2D eigenvalue weighted by molar-refractivity contribution is 5.49. The van der Waals surface area contributed by atoms with E-state index in [1.807, 2.05) is 43.3 Å². The highest BCUT2D eigenvalue weighted by Gasteiger charge is 1.97. The molecule has 0 aliphatic carbocycles. The molecule has 0 spiro atoms. The highest BCUT2D eigenvalue weighted by atomic mass is 16.5. The molecule has 0 atom stereocenters. The first-order chi connectivity index (χ1) is 7.74. The van der Waals surface area contributed by atoms with Crippen LogP contribution in [0.15, 0.2) is 24.3 Å². The molecule has 0 saturated carbocycles. The van der Waals surface area contributed by atoms with Gasteiger partial charge in [-0.15, -0.1) is 6.42 Å². The largest absolute Gasteiger partial charge is 0.492 e. The van der Waals surface area contributed by atoms with Crippen LogP contribution in [0.2, 0.25) is 0 Å². The summed E-state index contributed by atoms with van der Waals surface area (Å²) in [7, 11) is 4.02. The van der Waals surface area contributed by atoms with E-state index < -0.39 is 0 Å². The lowest BCUT2D eigenvalue weighted by Gasteiger charge is -2.14. The Hall–Kier alpha value is -1.66. The quantitative estimate of drug-likeness (QED) is 0.576. The van der Waals surface area contributed by atoms with Crippen LogP contribution < -0.4 is 15.0 Å². The van der Waals surface area contributed by atoms with Crippen LogP contribution in [0.4, 0.5) is 5.69 Å². The van der Waals surface area contributed by atoms with Gasteiger partial charge in [0.25, 0.3) is 0 Å². The van der Waals surface area contributed by atoms with Crippen LogP contribution in [0.1, 0.15) is 0 Å². The molecule has 0 aromatic heterocycles. The van der Waals surface area contributed by atoms with E-state index in [0.717, 1.165) is 18.0 Å².